The van der Waals surface area contributed by atoms with E-state index < -0.39 is 17.1 Å². The maximum absolute atomic E-state index is 13.4. The Labute approximate surface area is 245 Å². The van der Waals surface area contributed by atoms with Crippen LogP contribution in [0.3, 0.4) is 0 Å². The van der Waals surface area contributed by atoms with Crippen LogP contribution in [0, 0.1) is 0 Å². The monoisotopic (exact) mass is 578 g/mol. The Morgan fingerprint density at radius 2 is 1.51 bits per heavy atom. The molecule has 0 atom stereocenters. The van der Waals surface area contributed by atoms with Gasteiger partial charge in [0.25, 0.3) is 11.1 Å². The zero-order valence-electron chi connectivity index (χ0n) is 21.7. The zero-order valence-corrected chi connectivity index (χ0v) is 23.2. The molecule has 41 heavy (non-hydrogen) atoms. The number of imide groups is 1. The molecule has 0 aliphatic carbocycles. The van der Waals surface area contributed by atoms with E-state index in [4.69, 9.17) is 16.3 Å². The van der Waals surface area contributed by atoms with Gasteiger partial charge in [0.05, 0.1) is 4.91 Å². The van der Waals surface area contributed by atoms with Crippen LogP contribution in [0.25, 0.3) is 27.6 Å². The van der Waals surface area contributed by atoms with Gasteiger partial charge in [-0.25, -0.2) is 0 Å². The minimum Gasteiger partial charge on any atom is -0.488 e. The van der Waals surface area contributed by atoms with Gasteiger partial charge in [0.1, 0.15) is 18.9 Å². The first-order chi connectivity index (χ1) is 20.0. The van der Waals surface area contributed by atoms with Crippen LogP contribution in [-0.2, 0) is 16.2 Å². The van der Waals surface area contributed by atoms with E-state index in [0.717, 1.165) is 43.8 Å². The number of ether oxygens (including phenoxy) is 1. The maximum Gasteiger partial charge on any atom is 0.294 e. The van der Waals surface area contributed by atoms with Crippen LogP contribution >= 0.6 is 23.4 Å². The average molecular weight is 579 g/mol. The number of thioether (sulfide) groups is 1. The third-order valence-electron chi connectivity index (χ3n) is 6.75. The van der Waals surface area contributed by atoms with Gasteiger partial charge in [-0.15, -0.1) is 0 Å². The second-order valence-corrected chi connectivity index (χ2v) is 10.9. The summed E-state index contributed by atoms with van der Waals surface area (Å²) in [4.78, 5) is 40.4. The lowest BCUT2D eigenvalue weighted by Crippen LogP contribution is -2.36. The van der Waals surface area contributed by atoms with Crippen molar-refractivity contribution in [1.29, 1.82) is 0 Å². The number of carbonyl (C=O) groups excluding carboxylic acids is 3. The topological polar surface area (TPSA) is 75.7 Å². The van der Waals surface area contributed by atoms with Gasteiger partial charge in [-0.1, -0.05) is 90.5 Å². The molecular weight excluding hydrogens is 556 g/mol. The molecule has 0 aromatic heterocycles. The highest BCUT2D eigenvalue weighted by Crippen LogP contribution is 2.37. The number of benzene rings is 5. The van der Waals surface area contributed by atoms with E-state index in [1.807, 2.05) is 84.9 Å². The summed E-state index contributed by atoms with van der Waals surface area (Å²) in [6, 6.07) is 32.2. The molecule has 6 nitrogen and oxygen atoms in total. The summed E-state index contributed by atoms with van der Waals surface area (Å²) < 4.78 is 6.17. The SMILES string of the molecule is O=C(CN1C(=O)S/C(=C/c2c(OCc3ccc(Cl)cc3)ccc3ccccc23)C1=O)Nc1cccc2ccccc12. The largest absolute Gasteiger partial charge is 0.488 e. The van der Waals surface area contributed by atoms with Crippen molar-refractivity contribution < 1.29 is 19.1 Å². The van der Waals surface area contributed by atoms with Gasteiger partial charge >= 0.3 is 0 Å². The van der Waals surface area contributed by atoms with Crippen molar-refractivity contribution in [3.8, 4) is 5.75 Å². The maximum atomic E-state index is 13.4. The third kappa shape index (κ3) is 5.68. The van der Waals surface area contributed by atoms with E-state index in [1.165, 1.54) is 0 Å². The first-order valence-electron chi connectivity index (χ1n) is 12.9. The second-order valence-electron chi connectivity index (χ2n) is 9.46. The number of nitrogens with one attached hydrogen (secondary N) is 1. The number of anilines is 1. The van der Waals surface area contributed by atoms with E-state index in [0.29, 0.717) is 28.6 Å². The van der Waals surface area contributed by atoms with Crippen LogP contribution in [0.15, 0.2) is 108 Å². The van der Waals surface area contributed by atoms with Crippen molar-refractivity contribution in [1.82, 2.24) is 4.90 Å². The molecule has 202 valence electrons. The first kappa shape index (κ1) is 26.6. The molecule has 3 amide bonds. The van der Waals surface area contributed by atoms with Crippen molar-refractivity contribution in [2.45, 2.75) is 6.61 Å². The summed E-state index contributed by atoms with van der Waals surface area (Å²) in [6.45, 7) is -0.0904. The Morgan fingerprint density at radius 1 is 0.829 bits per heavy atom. The first-order valence-corrected chi connectivity index (χ1v) is 14.1. The molecule has 1 heterocycles. The standard InChI is InChI=1S/C33H23ClN2O4S/c34-24-15-12-21(13-16-24)20-40-29-17-14-23-7-1-3-9-25(23)27(29)18-30-32(38)36(33(39)41-30)19-31(37)35-28-11-5-8-22-6-2-4-10-26(22)28/h1-18H,19-20H2,(H,35,37)/b30-18+. The van der Waals surface area contributed by atoms with Gasteiger partial charge in [-0.3, -0.25) is 19.3 Å². The number of halogens is 1. The van der Waals surface area contributed by atoms with E-state index >= 15 is 0 Å². The van der Waals surface area contributed by atoms with Crippen LogP contribution in [0.1, 0.15) is 11.1 Å². The predicted octanol–water partition coefficient (Wildman–Crippen LogP) is 7.90. The van der Waals surface area contributed by atoms with Crippen molar-refractivity contribution in [3.05, 3.63) is 124 Å². The number of carbonyl (C=O) groups is 3. The molecule has 0 unspecified atom stereocenters. The molecule has 8 heteroatoms. The lowest BCUT2D eigenvalue weighted by Gasteiger charge is -2.14. The summed E-state index contributed by atoms with van der Waals surface area (Å²) in [5, 5.41) is 6.67. The molecular formula is C33H23ClN2O4S. The van der Waals surface area contributed by atoms with E-state index in [9.17, 15) is 14.4 Å². The fourth-order valence-electron chi connectivity index (χ4n) is 4.73. The molecule has 0 saturated carbocycles. The van der Waals surface area contributed by atoms with Crippen LogP contribution in [0.4, 0.5) is 10.5 Å². The lowest BCUT2D eigenvalue weighted by molar-refractivity contribution is -0.127. The van der Waals surface area contributed by atoms with Gasteiger partial charge in [0.15, 0.2) is 0 Å². The molecule has 1 aliphatic heterocycles. The van der Waals surface area contributed by atoms with Crippen LogP contribution in [-0.4, -0.2) is 28.5 Å². The Kier molecular flexibility index (Phi) is 7.46. The van der Waals surface area contributed by atoms with E-state index in [-0.39, 0.29) is 11.4 Å². The van der Waals surface area contributed by atoms with E-state index in [2.05, 4.69) is 5.32 Å². The highest BCUT2D eigenvalue weighted by molar-refractivity contribution is 8.18. The molecule has 5 aromatic carbocycles. The van der Waals surface area contributed by atoms with Gasteiger partial charge in [0.2, 0.25) is 5.91 Å². The summed E-state index contributed by atoms with van der Waals surface area (Å²) in [6.07, 6.45) is 1.67. The van der Waals surface area contributed by atoms with Crippen molar-refractivity contribution in [2.75, 3.05) is 11.9 Å². The smallest absolute Gasteiger partial charge is 0.294 e. The van der Waals surface area contributed by atoms with Crippen LogP contribution < -0.4 is 10.1 Å². The zero-order chi connectivity index (χ0) is 28.3. The quantitative estimate of drug-likeness (QED) is 0.199. The molecule has 1 fully saturated rings. The Balaban J connectivity index is 1.25. The highest BCUT2D eigenvalue weighted by Gasteiger charge is 2.36. The number of fused-ring (bicyclic) bond motifs is 2. The van der Waals surface area contributed by atoms with Gasteiger partial charge < -0.3 is 10.1 Å². The van der Waals surface area contributed by atoms with Crippen molar-refractivity contribution in [3.63, 3.8) is 0 Å². The Bertz CT molecular complexity index is 1850. The Hall–Kier alpha value is -4.59. The number of amides is 3. The average Bonchev–Trinajstić information content (AvgIpc) is 3.25. The highest BCUT2D eigenvalue weighted by atomic mass is 35.5. The molecule has 1 saturated heterocycles. The predicted molar refractivity (Wildman–Crippen MR) is 165 cm³/mol. The van der Waals surface area contributed by atoms with E-state index in [1.54, 1.807) is 24.3 Å². The van der Waals surface area contributed by atoms with Crippen LogP contribution in [0.2, 0.25) is 5.02 Å². The molecule has 0 radical (unpaired) electrons. The third-order valence-corrected chi connectivity index (χ3v) is 7.91. The minimum absolute atomic E-state index is 0.223. The lowest BCUT2D eigenvalue weighted by atomic mass is 10.0. The summed E-state index contributed by atoms with van der Waals surface area (Å²) in [5.41, 5.74) is 2.24. The molecule has 1 N–H and O–H groups in total. The van der Waals surface area contributed by atoms with Crippen LogP contribution in [0.5, 0.6) is 5.75 Å². The Morgan fingerprint density at radius 3 is 2.29 bits per heavy atom. The van der Waals surface area contributed by atoms with Gasteiger partial charge in [-0.2, -0.15) is 0 Å². The summed E-state index contributed by atoms with van der Waals surface area (Å²) in [5.74, 6) is -0.411. The fraction of sp³-hybridized carbons (Fsp3) is 0.0606. The second kappa shape index (κ2) is 11.5. The number of nitrogens with zero attached hydrogens (tertiary/aromatic N) is 1. The van der Waals surface area contributed by atoms with Crippen molar-refractivity contribution in [2.24, 2.45) is 0 Å². The molecule has 6 rings (SSSR count). The molecule has 1 aliphatic rings. The minimum atomic E-state index is -0.523. The molecule has 0 spiro atoms. The molecule has 0 bridgehead atoms. The normalized spacial score (nSPS) is 14.3. The number of hydrogen-bond donors (Lipinski definition) is 1. The van der Waals surface area contributed by atoms with Gasteiger partial charge in [-0.05, 0) is 63.8 Å². The summed E-state index contributed by atoms with van der Waals surface area (Å²) in [7, 11) is 0. The van der Waals surface area contributed by atoms with Crippen molar-refractivity contribution >= 4 is 73.7 Å². The number of rotatable bonds is 7. The fourth-order valence-corrected chi connectivity index (χ4v) is 5.67. The number of hydrogen-bond acceptors (Lipinski definition) is 5. The van der Waals surface area contributed by atoms with Gasteiger partial charge in [0, 0.05) is 21.7 Å². The molecule has 5 aromatic rings. The summed E-state index contributed by atoms with van der Waals surface area (Å²) >= 11 is 6.82.